The number of hydrogen-bond donors (Lipinski definition) is 1. The first-order valence-corrected chi connectivity index (χ1v) is 8.44. The minimum Gasteiger partial charge on any atom is -0.383 e. The van der Waals surface area contributed by atoms with Crippen LogP contribution in [0.5, 0.6) is 0 Å². The van der Waals surface area contributed by atoms with Gasteiger partial charge < -0.3 is 10.3 Å². The van der Waals surface area contributed by atoms with Crippen molar-refractivity contribution in [3.05, 3.63) is 17.1 Å². The Labute approximate surface area is 117 Å². The van der Waals surface area contributed by atoms with Crippen LogP contribution in [-0.4, -0.2) is 34.5 Å². The van der Waals surface area contributed by atoms with E-state index < -0.39 is 9.84 Å². The van der Waals surface area contributed by atoms with E-state index in [2.05, 4.69) is 9.97 Å². The maximum Gasteiger partial charge on any atom is 0.152 e. The van der Waals surface area contributed by atoms with Gasteiger partial charge in [0.2, 0.25) is 0 Å². The number of aromatic nitrogens is 3. The molecule has 2 aromatic heterocycles. The van der Waals surface area contributed by atoms with Crippen molar-refractivity contribution in [2.75, 3.05) is 17.2 Å². The van der Waals surface area contributed by atoms with Crippen LogP contribution in [-0.2, 0) is 9.84 Å². The first-order chi connectivity index (χ1) is 9.30. The highest BCUT2D eigenvalue weighted by Crippen LogP contribution is 2.34. The molecule has 1 unspecified atom stereocenters. The van der Waals surface area contributed by atoms with Gasteiger partial charge in [0.05, 0.1) is 22.9 Å². The molecule has 1 saturated heterocycles. The maximum atomic E-state index is 11.7. The van der Waals surface area contributed by atoms with Crippen LogP contribution in [0.2, 0.25) is 0 Å². The first-order valence-electron chi connectivity index (χ1n) is 6.62. The molecule has 0 amide bonds. The molecule has 3 heterocycles. The molecule has 6 nitrogen and oxygen atoms in total. The highest BCUT2D eigenvalue weighted by Gasteiger charge is 2.32. The summed E-state index contributed by atoms with van der Waals surface area (Å²) in [5, 5.41) is 0.845. The summed E-state index contributed by atoms with van der Waals surface area (Å²) in [6.45, 7) is 5.76. The molecular formula is C13H18N4O2S. The zero-order valence-corrected chi connectivity index (χ0v) is 12.7. The third kappa shape index (κ3) is 1.88. The molecule has 3 rings (SSSR count). The number of hydrogen-bond acceptors (Lipinski definition) is 5. The molecule has 1 aliphatic heterocycles. The van der Waals surface area contributed by atoms with E-state index in [1.54, 1.807) is 6.92 Å². The van der Waals surface area contributed by atoms with Gasteiger partial charge in [-0.15, -0.1) is 0 Å². The van der Waals surface area contributed by atoms with Gasteiger partial charge in [-0.3, -0.25) is 0 Å². The lowest BCUT2D eigenvalue weighted by Crippen LogP contribution is -2.13. The molecule has 1 atom stereocenters. The highest BCUT2D eigenvalue weighted by molar-refractivity contribution is 7.91. The van der Waals surface area contributed by atoms with Crippen molar-refractivity contribution in [3.8, 4) is 0 Å². The normalized spacial score (nSPS) is 21.6. The Morgan fingerprint density at radius 1 is 1.25 bits per heavy atom. The molecule has 2 N–H and O–H groups in total. The van der Waals surface area contributed by atoms with Gasteiger partial charge in [0, 0.05) is 5.69 Å². The Bertz CT molecular complexity index is 808. The van der Waals surface area contributed by atoms with E-state index in [4.69, 9.17) is 5.73 Å². The number of anilines is 1. The summed E-state index contributed by atoms with van der Waals surface area (Å²) in [5.74, 6) is 1.50. The Morgan fingerprint density at radius 2 is 1.95 bits per heavy atom. The molecule has 0 radical (unpaired) electrons. The molecule has 0 saturated carbocycles. The zero-order valence-electron chi connectivity index (χ0n) is 11.8. The molecule has 0 aliphatic carbocycles. The quantitative estimate of drug-likeness (QED) is 0.856. The summed E-state index contributed by atoms with van der Waals surface area (Å²) < 4.78 is 25.5. The summed E-state index contributed by atoms with van der Waals surface area (Å²) in [4.78, 5) is 8.69. The third-order valence-electron chi connectivity index (χ3n) is 4.11. The van der Waals surface area contributed by atoms with Gasteiger partial charge >= 0.3 is 0 Å². The van der Waals surface area contributed by atoms with Crippen molar-refractivity contribution in [3.63, 3.8) is 0 Å². The average molecular weight is 294 g/mol. The molecule has 2 aromatic rings. The first kappa shape index (κ1) is 13.4. The van der Waals surface area contributed by atoms with Gasteiger partial charge in [0.1, 0.15) is 17.3 Å². The van der Waals surface area contributed by atoms with E-state index in [0.717, 1.165) is 22.3 Å². The van der Waals surface area contributed by atoms with Gasteiger partial charge in [-0.05, 0) is 32.8 Å². The van der Waals surface area contributed by atoms with Crippen LogP contribution in [0.1, 0.15) is 29.5 Å². The molecule has 7 heteroatoms. The minimum absolute atomic E-state index is 0.0510. The average Bonchev–Trinajstić information content (AvgIpc) is 2.78. The SMILES string of the molecule is Cc1nc(N)c2c(C)c(C)n(C3CCS(=O)(=O)C3)c2n1. The van der Waals surface area contributed by atoms with Crippen molar-refractivity contribution < 1.29 is 8.42 Å². The minimum atomic E-state index is -2.94. The Kier molecular flexibility index (Phi) is 2.79. The number of aryl methyl sites for hydroxylation is 2. The summed E-state index contributed by atoms with van der Waals surface area (Å²) in [6, 6.07) is -0.0510. The number of sulfone groups is 1. The molecule has 1 aliphatic rings. The van der Waals surface area contributed by atoms with E-state index in [1.807, 2.05) is 18.4 Å². The second-order valence-corrected chi connectivity index (χ2v) is 7.72. The van der Waals surface area contributed by atoms with Gasteiger partial charge in [0.25, 0.3) is 0 Å². The number of nitrogens with two attached hydrogens (primary N) is 1. The Balaban J connectivity index is 2.28. The predicted molar refractivity (Wildman–Crippen MR) is 78.5 cm³/mol. The van der Waals surface area contributed by atoms with E-state index in [-0.39, 0.29) is 17.5 Å². The van der Waals surface area contributed by atoms with Crippen LogP contribution in [0, 0.1) is 20.8 Å². The molecule has 108 valence electrons. The van der Waals surface area contributed by atoms with E-state index in [0.29, 0.717) is 18.1 Å². The number of nitrogens with zero attached hydrogens (tertiary/aromatic N) is 3. The van der Waals surface area contributed by atoms with Gasteiger partial charge in [-0.1, -0.05) is 0 Å². The summed E-state index contributed by atoms with van der Waals surface area (Å²) in [5.41, 5.74) is 8.82. The van der Waals surface area contributed by atoms with Crippen molar-refractivity contribution in [2.45, 2.75) is 33.2 Å². The lowest BCUT2D eigenvalue weighted by Gasteiger charge is -2.14. The number of fused-ring (bicyclic) bond motifs is 1. The second-order valence-electron chi connectivity index (χ2n) is 5.49. The van der Waals surface area contributed by atoms with Crippen LogP contribution in [0.3, 0.4) is 0 Å². The topological polar surface area (TPSA) is 90.9 Å². The van der Waals surface area contributed by atoms with E-state index in [1.165, 1.54) is 0 Å². The standard InChI is InChI=1S/C13H18N4O2S/c1-7-8(2)17(10-4-5-20(18,19)6-10)13-11(7)12(14)15-9(3)16-13/h10H,4-6H2,1-3H3,(H2,14,15,16). The van der Waals surface area contributed by atoms with Crippen LogP contribution < -0.4 is 5.73 Å². The molecule has 0 bridgehead atoms. The molecular weight excluding hydrogens is 276 g/mol. The van der Waals surface area contributed by atoms with Gasteiger partial charge in [-0.2, -0.15) is 0 Å². The van der Waals surface area contributed by atoms with Crippen LogP contribution in [0.4, 0.5) is 5.82 Å². The fraction of sp³-hybridized carbons (Fsp3) is 0.538. The smallest absolute Gasteiger partial charge is 0.152 e. The van der Waals surface area contributed by atoms with Crippen LogP contribution in [0.25, 0.3) is 11.0 Å². The summed E-state index contributed by atoms with van der Waals surface area (Å²) in [6.07, 6.45) is 0.634. The second kappa shape index (κ2) is 4.18. The van der Waals surface area contributed by atoms with Crippen LogP contribution >= 0.6 is 0 Å². The highest BCUT2D eigenvalue weighted by atomic mass is 32.2. The largest absolute Gasteiger partial charge is 0.383 e. The molecule has 20 heavy (non-hydrogen) atoms. The maximum absolute atomic E-state index is 11.7. The predicted octanol–water partition coefficient (Wildman–Crippen LogP) is 1.30. The van der Waals surface area contributed by atoms with Crippen molar-refractivity contribution in [1.82, 2.24) is 14.5 Å². The summed E-state index contributed by atoms with van der Waals surface area (Å²) in [7, 11) is -2.94. The van der Waals surface area contributed by atoms with Crippen molar-refractivity contribution in [1.29, 1.82) is 0 Å². The third-order valence-corrected chi connectivity index (χ3v) is 5.86. The Hall–Kier alpha value is -1.63. The van der Waals surface area contributed by atoms with Crippen molar-refractivity contribution >= 4 is 26.7 Å². The summed E-state index contributed by atoms with van der Waals surface area (Å²) >= 11 is 0. The van der Waals surface area contributed by atoms with Crippen molar-refractivity contribution in [2.24, 2.45) is 0 Å². The fourth-order valence-corrected chi connectivity index (χ4v) is 4.76. The van der Waals surface area contributed by atoms with E-state index >= 15 is 0 Å². The lowest BCUT2D eigenvalue weighted by molar-refractivity contribution is 0.556. The molecule has 0 aromatic carbocycles. The van der Waals surface area contributed by atoms with Gasteiger partial charge in [0.15, 0.2) is 9.84 Å². The zero-order chi connectivity index (χ0) is 14.7. The fourth-order valence-electron chi connectivity index (χ4n) is 3.06. The molecule has 1 fully saturated rings. The lowest BCUT2D eigenvalue weighted by atomic mass is 10.2. The van der Waals surface area contributed by atoms with Crippen LogP contribution in [0.15, 0.2) is 0 Å². The Morgan fingerprint density at radius 3 is 2.55 bits per heavy atom. The number of rotatable bonds is 1. The van der Waals surface area contributed by atoms with Gasteiger partial charge in [-0.25, -0.2) is 18.4 Å². The van der Waals surface area contributed by atoms with E-state index in [9.17, 15) is 8.42 Å². The monoisotopic (exact) mass is 294 g/mol. The number of nitrogen functional groups attached to an aromatic ring is 1. The molecule has 0 spiro atoms.